The van der Waals surface area contributed by atoms with E-state index in [0.717, 1.165) is 19.3 Å². The molecule has 0 aliphatic carbocycles. The molecule has 0 aromatic heterocycles. The predicted molar refractivity (Wildman–Crippen MR) is 170 cm³/mol. The van der Waals surface area contributed by atoms with Gasteiger partial charge in [0.2, 0.25) is 11.7 Å². The number of ether oxygens (including phenoxy) is 5. The summed E-state index contributed by atoms with van der Waals surface area (Å²) in [6.07, 6.45) is 12.1. The number of aliphatic hydroxyl groups is 1. The fourth-order valence-electron chi connectivity index (χ4n) is 5.83. The number of esters is 4. The van der Waals surface area contributed by atoms with Gasteiger partial charge < -0.3 is 28.8 Å². The molecule has 2 saturated heterocycles. The highest BCUT2D eigenvalue weighted by atomic mass is 16.6. The van der Waals surface area contributed by atoms with E-state index in [4.69, 9.17) is 24.1 Å². The van der Waals surface area contributed by atoms with Crippen LogP contribution in [0.4, 0.5) is 0 Å². The first kappa shape index (κ1) is 41.0. The summed E-state index contributed by atoms with van der Waals surface area (Å²) in [6.45, 7) is 3.76. The normalized spacial score (nSPS) is 21.9. The molecule has 0 bridgehead atoms. The van der Waals surface area contributed by atoms with Crippen molar-refractivity contribution >= 4 is 41.2 Å². The van der Waals surface area contributed by atoms with Crippen LogP contribution in [-0.4, -0.2) is 91.1 Å². The topological polar surface area (TPSA) is 186 Å². The van der Waals surface area contributed by atoms with E-state index >= 15 is 0 Å². The van der Waals surface area contributed by atoms with Gasteiger partial charge in [0, 0.05) is 6.42 Å². The minimum absolute atomic E-state index is 0.113. The first-order valence-corrected chi connectivity index (χ1v) is 17.6. The van der Waals surface area contributed by atoms with Crippen molar-refractivity contribution in [1.82, 2.24) is 0 Å². The summed E-state index contributed by atoms with van der Waals surface area (Å²) in [5.74, 6) is -10.00. The summed E-state index contributed by atoms with van der Waals surface area (Å²) in [6, 6.07) is 0. The van der Waals surface area contributed by atoms with Gasteiger partial charge >= 0.3 is 23.9 Å². The summed E-state index contributed by atoms with van der Waals surface area (Å²) in [4.78, 5) is 86.3. The SMILES string of the molecule is CCCCCCCCCCCCCCCC(=O)C1C(=O)O[C@H](COC(=O)C(C)[C@H](CC)OCCOC(=O)C2C(=O)O[C@H](CO)C2=O)C1=O. The molecule has 48 heavy (non-hydrogen) atoms. The Labute approximate surface area is 283 Å². The molecule has 0 amide bonds. The van der Waals surface area contributed by atoms with Crippen LogP contribution in [0.25, 0.3) is 0 Å². The summed E-state index contributed by atoms with van der Waals surface area (Å²) >= 11 is 0. The van der Waals surface area contributed by atoms with Crippen molar-refractivity contribution < 1.29 is 62.4 Å². The summed E-state index contributed by atoms with van der Waals surface area (Å²) in [5.41, 5.74) is 0. The Morgan fingerprint density at radius 1 is 0.708 bits per heavy atom. The van der Waals surface area contributed by atoms with E-state index in [1.165, 1.54) is 64.7 Å². The molecule has 2 aliphatic heterocycles. The van der Waals surface area contributed by atoms with Crippen LogP contribution in [0.1, 0.15) is 117 Å². The minimum atomic E-state index is -1.76. The average molecular weight is 683 g/mol. The minimum Gasteiger partial charge on any atom is -0.462 e. The fourth-order valence-corrected chi connectivity index (χ4v) is 5.83. The average Bonchev–Trinajstić information content (AvgIpc) is 3.53. The third-order valence-electron chi connectivity index (χ3n) is 8.81. The number of cyclic esters (lactones) is 2. The quantitative estimate of drug-likeness (QED) is 0.0602. The highest BCUT2D eigenvalue weighted by Gasteiger charge is 2.49. The number of Topliss-reactive ketones (excluding diaryl/α,β-unsaturated/α-hetero) is 3. The van der Waals surface area contributed by atoms with Gasteiger partial charge in [-0.05, 0) is 19.8 Å². The maximum Gasteiger partial charge on any atom is 0.329 e. The summed E-state index contributed by atoms with van der Waals surface area (Å²) in [5, 5.41) is 9.04. The van der Waals surface area contributed by atoms with Crippen molar-refractivity contribution in [3.8, 4) is 0 Å². The molecule has 1 N–H and O–H groups in total. The van der Waals surface area contributed by atoms with E-state index in [-0.39, 0.29) is 19.6 Å². The van der Waals surface area contributed by atoms with Crippen LogP contribution < -0.4 is 0 Å². The van der Waals surface area contributed by atoms with Crippen LogP contribution in [0.3, 0.4) is 0 Å². The number of hydrogen-bond acceptors (Lipinski definition) is 13. The second-order valence-corrected chi connectivity index (χ2v) is 12.6. The number of aliphatic hydroxyl groups excluding tert-OH is 1. The molecule has 2 heterocycles. The van der Waals surface area contributed by atoms with Gasteiger partial charge in [0.05, 0.1) is 25.2 Å². The Kier molecular flexibility index (Phi) is 19.2. The Morgan fingerprint density at radius 2 is 1.23 bits per heavy atom. The van der Waals surface area contributed by atoms with Crippen LogP contribution in [0.2, 0.25) is 0 Å². The lowest BCUT2D eigenvalue weighted by atomic mass is 9.94. The lowest BCUT2D eigenvalue weighted by molar-refractivity contribution is -0.164. The van der Waals surface area contributed by atoms with Crippen molar-refractivity contribution in [2.75, 3.05) is 26.4 Å². The van der Waals surface area contributed by atoms with Crippen LogP contribution in [0.5, 0.6) is 0 Å². The Bertz CT molecular complexity index is 1090. The molecule has 0 aromatic rings. The van der Waals surface area contributed by atoms with Gasteiger partial charge in [-0.25, -0.2) is 0 Å². The summed E-state index contributed by atoms with van der Waals surface area (Å²) < 4.78 is 25.5. The number of rotatable bonds is 26. The van der Waals surface area contributed by atoms with Gasteiger partial charge in [0.25, 0.3) is 0 Å². The summed E-state index contributed by atoms with van der Waals surface area (Å²) in [7, 11) is 0. The molecular weight excluding hydrogens is 628 g/mol. The van der Waals surface area contributed by atoms with Crippen molar-refractivity contribution in [3.63, 3.8) is 0 Å². The van der Waals surface area contributed by atoms with E-state index in [2.05, 4.69) is 11.7 Å². The van der Waals surface area contributed by atoms with Gasteiger partial charge in [0.1, 0.15) is 13.2 Å². The molecule has 272 valence electrons. The first-order valence-electron chi connectivity index (χ1n) is 17.6. The van der Waals surface area contributed by atoms with Crippen molar-refractivity contribution in [2.24, 2.45) is 17.8 Å². The van der Waals surface area contributed by atoms with E-state index in [1.54, 1.807) is 6.92 Å². The first-order chi connectivity index (χ1) is 23.1. The van der Waals surface area contributed by atoms with Crippen molar-refractivity contribution in [1.29, 1.82) is 0 Å². The zero-order valence-corrected chi connectivity index (χ0v) is 28.7. The molecule has 0 spiro atoms. The number of carbonyl (C=O) groups is 7. The van der Waals surface area contributed by atoms with Crippen LogP contribution in [0.15, 0.2) is 0 Å². The lowest BCUT2D eigenvalue weighted by Gasteiger charge is -2.22. The Morgan fingerprint density at radius 3 is 1.77 bits per heavy atom. The molecule has 6 atom stereocenters. The van der Waals surface area contributed by atoms with Crippen LogP contribution in [0, 0.1) is 17.8 Å². The van der Waals surface area contributed by atoms with Gasteiger partial charge in [-0.15, -0.1) is 0 Å². The van der Waals surface area contributed by atoms with Crippen LogP contribution in [-0.2, 0) is 57.2 Å². The molecule has 2 rings (SSSR count). The van der Waals surface area contributed by atoms with Crippen molar-refractivity contribution in [3.05, 3.63) is 0 Å². The molecule has 0 aromatic carbocycles. The standard InChI is InChI=1S/C35H54O13/c1-4-6-7-8-9-10-11-12-13-14-15-16-17-18-24(37)28-31(39)27(48-34(28)42)22-46-32(40)23(3)25(5-2)44-19-20-45-33(41)29-30(38)26(21-36)47-35(29)43/h23,25-29,36H,4-22H2,1-3H3/t23?,25-,26+,27+,28?,29?/m0/s1. The highest BCUT2D eigenvalue weighted by Crippen LogP contribution is 2.23. The van der Waals surface area contributed by atoms with Gasteiger partial charge in [-0.2, -0.15) is 0 Å². The maximum absolute atomic E-state index is 12.8. The molecule has 13 nitrogen and oxygen atoms in total. The smallest absolute Gasteiger partial charge is 0.329 e. The van der Waals surface area contributed by atoms with E-state index < -0.39 is 90.5 Å². The van der Waals surface area contributed by atoms with Crippen molar-refractivity contribution in [2.45, 2.75) is 135 Å². The third kappa shape index (κ3) is 13.0. The third-order valence-corrected chi connectivity index (χ3v) is 8.81. The second kappa shape index (κ2) is 22.4. The van der Waals surface area contributed by atoms with E-state index in [0.29, 0.717) is 12.8 Å². The van der Waals surface area contributed by atoms with Gasteiger partial charge in [-0.3, -0.25) is 33.6 Å². The van der Waals surface area contributed by atoms with E-state index in [1.807, 2.05) is 0 Å². The number of ketones is 3. The molecule has 2 fully saturated rings. The monoisotopic (exact) mass is 682 g/mol. The molecule has 2 aliphatic rings. The number of unbranched alkanes of at least 4 members (excludes halogenated alkanes) is 12. The Balaban J connectivity index is 1.63. The van der Waals surface area contributed by atoms with E-state index in [9.17, 15) is 33.6 Å². The maximum atomic E-state index is 12.8. The molecule has 0 radical (unpaired) electrons. The highest BCUT2D eigenvalue weighted by molar-refractivity contribution is 6.22. The van der Waals surface area contributed by atoms with Crippen LogP contribution >= 0.6 is 0 Å². The van der Waals surface area contributed by atoms with Gasteiger partial charge in [-0.1, -0.05) is 90.9 Å². The molecular formula is C35H54O13. The van der Waals surface area contributed by atoms with Gasteiger partial charge in [0.15, 0.2) is 29.7 Å². The zero-order chi connectivity index (χ0) is 35.5. The predicted octanol–water partition coefficient (Wildman–Crippen LogP) is 3.77. The fraction of sp³-hybridized carbons (Fsp3) is 0.800. The number of carbonyl (C=O) groups excluding carboxylic acids is 7. The largest absolute Gasteiger partial charge is 0.462 e. The lowest BCUT2D eigenvalue weighted by Crippen LogP contribution is -2.35. The second-order valence-electron chi connectivity index (χ2n) is 12.6. The Hall–Kier alpha value is -3.19. The number of hydrogen-bond donors (Lipinski definition) is 1. The molecule has 3 unspecified atom stereocenters. The zero-order valence-electron chi connectivity index (χ0n) is 28.7. The molecule has 0 saturated carbocycles. The molecule has 13 heteroatoms.